The number of hydrogen-bond donors (Lipinski definition) is 0. The molecule has 0 spiro atoms. The summed E-state index contributed by atoms with van der Waals surface area (Å²) in [6.07, 6.45) is 5.72. The molecule has 6 nitrogen and oxygen atoms in total. The molecule has 0 amide bonds. The molecule has 1 aliphatic rings. The van der Waals surface area contributed by atoms with E-state index in [9.17, 15) is 0 Å². The van der Waals surface area contributed by atoms with Gasteiger partial charge in [0, 0.05) is 17.8 Å². The molecule has 0 aliphatic carbocycles. The molecular formula is C17H21N5OS2. The Morgan fingerprint density at radius 1 is 1.20 bits per heavy atom. The monoisotopic (exact) mass is 375 g/mol. The van der Waals surface area contributed by atoms with Gasteiger partial charge in [-0.05, 0) is 37.8 Å². The van der Waals surface area contributed by atoms with Crippen LogP contribution in [0, 0.1) is 6.92 Å². The molecule has 0 bridgehead atoms. The lowest BCUT2D eigenvalue weighted by molar-refractivity contribution is 0.528. The molecule has 0 saturated carbocycles. The van der Waals surface area contributed by atoms with Crippen LogP contribution >= 0.6 is 23.1 Å². The van der Waals surface area contributed by atoms with Gasteiger partial charge >= 0.3 is 0 Å². The molecular weight excluding hydrogens is 354 g/mol. The summed E-state index contributed by atoms with van der Waals surface area (Å²) in [4.78, 5) is 2.42. The Morgan fingerprint density at radius 3 is 2.96 bits per heavy atom. The third-order valence-electron chi connectivity index (χ3n) is 4.42. The van der Waals surface area contributed by atoms with E-state index in [1.54, 1.807) is 23.1 Å². The molecule has 1 aliphatic heterocycles. The van der Waals surface area contributed by atoms with Crippen molar-refractivity contribution in [2.75, 3.05) is 0 Å². The molecule has 3 aromatic heterocycles. The Balaban J connectivity index is 1.46. The molecule has 0 radical (unpaired) electrons. The van der Waals surface area contributed by atoms with Gasteiger partial charge in [0.1, 0.15) is 5.82 Å². The largest absolute Gasteiger partial charge is 0.419 e. The van der Waals surface area contributed by atoms with E-state index >= 15 is 0 Å². The van der Waals surface area contributed by atoms with Crippen molar-refractivity contribution in [2.24, 2.45) is 0 Å². The second-order valence-electron chi connectivity index (χ2n) is 6.22. The topological polar surface area (TPSA) is 69.6 Å². The molecule has 8 heteroatoms. The van der Waals surface area contributed by atoms with Gasteiger partial charge < -0.3 is 8.98 Å². The molecule has 132 valence electrons. The fraction of sp³-hybridized carbons (Fsp3) is 0.529. The van der Waals surface area contributed by atoms with Gasteiger partial charge in [0.05, 0.1) is 10.6 Å². The van der Waals surface area contributed by atoms with Crippen LogP contribution in [0.5, 0.6) is 0 Å². The Kier molecular flexibility index (Phi) is 4.89. The van der Waals surface area contributed by atoms with Gasteiger partial charge in [0.2, 0.25) is 5.89 Å². The lowest BCUT2D eigenvalue weighted by Gasteiger charge is -2.04. The van der Waals surface area contributed by atoms with Crippen LogP contribution in [0.1, 0.15) is 48.3 Å². The second kappa shape index (κ2) is 7.29. The average molecular weight is 376 g/mol. The van der Waals surface area contributed by atoms with Crippen molar-refractivity contribution in [1.82, 2.24) is 25.0 Å². The van der Waals surface area contributed by atoms with E-state index < -0.39 is 0 Å². The highest BCUT2D eigenvalue weighted by atomic mass is 32.2. The van der Waals surface area contributed by atoms with Crippen LogP contribution in [-0.4, -0.2) is 25.0 Å². The lowest BCUT2D eigenvalue weighted by Crippen LogP contribution is -2.02. The van der Waals surface area contributed by atoms with Crippen molar-refractivity contribution in [1.29, 1.82) is 0 Å². The summed E-state index contributed by atoms with van der Waals surface area (Å²) in [7, 11) is 0. The van der Waals surface area contributed by atoms with E-state index in [1.807, 2.05) is 0 Å². The van der Waals surface area contributed by atoms with Gasteiger partial charge in [-0.3, -0.25) is 0 Å². The third kappa shape index (κ3) is 3.50. The third-order valence-corrected chi connectivity index (χ3v) is 6.74. The van der Waals surface area contributed by atoms with E-state index in [0.29, 0.717) is 17.5 Å². The van der Waals surface area contributed by atoms with E-state index in [1.165, 1.54) is 29.7 Å². The van der Waals surface area contributed by atoms with Crippen molar-refractivity contribution in [2.45, 2.75) is 63.4 Å². The van der Waals surface area contributed by atoms with Crippen LogP contribution in [0.15, 0.2) is 15.6 Å². The van der Waals surface area contributed by atoms with Crippen LogP contribution in [-0.2, 0) is 25.1 Å². The molecule has 25 heavy (non-hydrogen) atoms. The van der Waals surface area contributed by atoms with Crippen LogP contribution in [0.2, 0.25) is 0 Å². The Bertz CT molecular complexity index is 866. The Morgan fingerprint density at radius 2 is 2.12 bits per heavy atom. The standard InChI is InChI=1S/C17H21N5OS2/c1-3-12-11(2)9-13(25-12)16-20-19-15(23-16)10-24-17-21-18-14-7-5-4-6-8-22(14)17/h9H,3-8,10H2,1-2H3. The molecule has 4 heterocycles. The van der Waals surface area contributed by atoms with Crippen molar-refractivity contribution in [3.05, 3.63) is 28.2 Å². The van der Waals surface area contributed by atoms with Crippen molar-refractivity contribution < 1.29 is 4.42 Å². The summed E-state index contributed by atoms with van der Waals surface area (Å²) in [6, 6.07) is 2.13. The maximum Gasteiger partial charge on any atom is 0.257 e. The highest BCUT2D eigenvalue weighted by Gasteiger charge is 2.17. The Hall–Kier alpha value is -1.67. The van der Waals surface area contributed by atoms with Gasteiger partial charge in [0.25, 0.3) is 5.89 Å². The van der Waals surface area contributed by atoms with Gasteiger partial charge in [0.15, 0.2) is 5.16 Å². The number of fused-ring (bicyclic) bond motifs is 1. The van der Waals surface area contributed by atoms with Gasteiger partial charge in [-0.25, -0.2) is 0 Å². The smallest absolute Gasteiger partial charge is 0.257 e. The fourth-order valence-electron chi connectivity index (χ4n) is 3.08. The molecule has 0 saturated heterocycles. The maximum atomic E-state index is 5.86. The molecule has 3 aromatic rings. The van der Waals surface area contributed by atoms with E-state index in [-0.39, 0.29) is 0 Å². The summed E-state index contributed by atoms with van der Waals surface area (Å²) >= 11 is 3.36. The maximum absolute atomic E-state index is 5.86. The number of rotatable bonds is 5. The molecule has 0 aromatic carbocycles. The molecule has 0 N–H and O–H groups in total. The first-order valence-corrected chi connectivity index (χ1v) is 10.5. The zero-order valence-electron chi connectivity index (χ0n) is 14.5. The fourth-order valence-corrected chi connectivity index (χ4v) is 4.93. The summed E-state index contributed by atoms with van der Waals surface area (Å²) in [5.41, 5.74) is 1.29. The summed E-state index contributed by atoms with van der Waals surface area (Å²) in [5.74, 6) is 2.97. The summed E-state index contributed by atoms with van der Waals surface area (Å²) in [6.45, 7) is 5.30. The number of aryl methyl sites for hydroxylation is 3. The zero-order chi connectivity index (χ0) is 17.2. The summed E-state index contributed by atoms with van der Waals surface area (Å²) < 4.78 is 8.10. The molecule has 0 unspecified atom stereocenters. The second-order valence-corrected chi connectivity index (χ2v) is 8.30. The predicted octanol–water partition coefficient (Wildman–Crippen LogP) is 4.28. The highest BCUT2D eigenvalue weighted by Crippen LogP contribution is 2.32. The quantitative estimate of drug-likeness (QED) is 0.620. The summed E-state index contributed by atoms with van der Waals surface area (Å²) in [5, 5.41) is 18.0. The van der Waals surface area contributed by atoms with Gasteiger partial charge in [-0.15, -0.1) is 31.7 Å². The Labute approximate surface area is 155 Å². The number of aromatic nitrogens is 5. The minimum absolute atomic E-state index is 0.614. The lowest BCUT2D eigenvalue weighted by atomic mass is 10.2. The molecule has 0 fully saturated rings. The molecule has 4 rings (SSSR count). The highest BCUT2D eigenvalue weighted by molar-refractivity contribution is 7.98. The van der Waals surface area contributed by atoms with Gasteiger partial charge in [-0.2, -0.15) is 0 Å². The van der Waals surface area contributed by atoms with Crippen LogP contribution in [0.3, 0.4) is 0 Å². The van der Waals surface area contributed by atoms with E-state index in [4.69, 9.17) is 4.42 Å². The van der Waals surface area contributed by atoms with E-state index in [0.717, 1.165) is 35.2 Å². The zero-order valence-corrected chi connectivity index (χ0v) is 16.1. The predicted molar refractivity (Wildman–Crippen MR) is 98.9 cm³/mol. The first kappa shape index (κ1) is 16.8. The number of nitrogens with zero attached hydrogens (tertiary/aromatic N) is 5. The van der Waals surface area contributed by atoms with Crippen molar-refractivity contribution in [3.63, 3.8) is 0 Å². The van der Waals surface area contributed by atoms with Crippen LogP contribution in [0.25, 0.3) is 10.8 Å². The average Bonchev–Trinajstić information content (AvgIpc) is 3.28. The van der Waals surface area contributed by atoms with Crippen LogP contribution < -0.4 is 0 Å². The SMILES string of the molecule is CCc1sc(-c2nnc(CSc3nnc4n3CCCCC4)o2)cc1C. The number of thioether (sulfide) groups is 1. The molecule has 0 atom stereocenters. The van der Waals surface area contributed by atoms with Gasteiger partial charge in [-0.1, -0.05) is 25.1 Å². The first-order chi connectivity index (χ1) is 12.2. The number of thiophene rings is 1. The van der Waals surface area contributed by atoms with Crippen LogP contribution in [0.4, 0.5) is 0 Å². The van der Waals surface area contributed by atoms with Crippen molar-refractivity contribution in [3.8, 4) is 10.8 Å². The number of hydrogen-bond acceptors (Lipinski definition) is 7. The minimum Gasteiger partial charge on any atom is -0.419 e. The van der Waals surface area contributed by atoms with Crippen molar-refractivity contribution >= 4 is 23.1 Å². The van der Waals surface area contributed by atoms with E-state index in [2.05, 4.69) is 44.9 Å². The minimum atomic E-state index is 0.614. The normalized spacial score (nSPS) is 14.5. The first-order valence-electron chi connectivity index (χ1n) is 8.71.